The number of para-hydroxylation sites is 1. The van der Waals surface area contributed by atoms with Crippen LogP contribution in [-0.2, 0) is 13.0 Å². The van der Waals surface area contributed by atoms with Crippen molar-refractivity contribution in [2.45, 2.75) is 32.9 Å². The van der Waals surface area contributed by atoms with Crippen LogP contribution in [0.2, 0.25) is 0 Å². The smallest absolute Gasteiger partial charge is 0.254 e. The molecule has 21 heavy (non-hydrogen) atoms. The predicted molar refractivity (Wildman–Crippen MR) is 82.5 cm³/mol. The van der Waals surface area contributed by atoms with Gasteiger partial charge in [0, 0.05) is 18.3 Å². The molecule has 1 aliphatic rings. The first-order chi connectivity index (χ1) is 10.2. The first-order valence-electron chi connectivity index (χ1n) is 7.39. The Morgan fingerprint density at radius 1 is 1.38 bits per heavy atom. The second-order valence-corrected chi connectivity index (χ2v) is 5.43. The summed E-state index contributed by atoms with van der Waals surface area (Å²) in [4.78, 5) is 14.3. The van der Waals surface area contributed by atoms with Crippen LogP contribution < -0.4 is 10.2 Å². The second-order valence-electron chi connectivity index (χ2n) is 5.43. The number of rotatable bonds is 4. The minimum absolute atomic E-state index is 0.0682. The normalized spacial score (nSPS) is 16.9. The van der Waals surface area contributed by atoms with E-state index in [4.69, 9.17) is 4.42 Å². The monoisotopic (exact) mass is 284 g/mol. The van der Waals surface area contributed by atoms with Crippen LogP contribution in [0.3, 0.4) is 0 Å². The number of hydrogen-bond acceptors (Lipinski definition) is 3. The molecule has 0 fully saturated rings. The molecule has 2 aromatic rings. The van der Waals surface area contributed by atoms with Crippen LogP contribution >= 0.6 is 0 Å². The Bertz CT molecular complexity index is 648. The van der Waals surface area contributed by atoms with Crippen molar-refractivity contribution < 1.29 is 9.21 Å². The minimum atomic E-state index is -0.0682. The number of amides is 1. The van der Waals surface area contributed by atoms with Crippen LogP contribution in [0.25, 0.3) is 0 Å². The predicted octanol–water partition coefficient (Wildman–Crippen LogP) is 2.98. The van der Waals surface area contributed by atoms with Crippen LogP contribution in [0.4, 0.5) is 5.69 Å². The zero-order valence-electron chi connectivity index (χ0n) is 12.4. The van der Waals surface area contributed by atoms with Gasteiger partial charge in [-0.15, -0.1) is 0 Å². The molecule has 2 heterocycles. The fourth-order valence-electron chi connectivity index (χ4n) is 2.95. The highest BCUT2D eigenvalue weighted by atomic mass is 16.3. The zero-order valence-corrected chi connectivity index (χ0v) is 12.4. The largest absolute Gasteiger partial charge is 0.467 e. The van der Waals surface area contributed by atoms with Crippen LogP contribution in [-0.4, -0.2) is 18.5 Å². The van der Waals surface area contributed by atoms with Gasteiger partial charge < -0.3 is 14.6 Å². The molecule has 4 nitrogen and oxygen atoms in total. The molecule has 0 spiro atoms. The fourth-order valence-corrected chi connectivity index (χ4v) is 2.95. The lowest BCUT2D eigenvalue weighted by Gasteiger charge is -2.24. The van der Waals surface area contributed by atoms with Crippen LogP contribution in [0.5, 0.6) is 0 Å². The summed E-state index contributed by atoms with van der Waals surface area (Å²) >= 11 is 0. The van der Waals surface area contributed by atoms with Crippen molar-refractivity contribution in [2.24, 2.45) is 0 Å². The second kappa shape index (κ2) is 5.64. The molecule has 1 amide bonds. The Labute approximate surface area is 124 Å². The molecule has 1 aromatic heterocycles. The van der Waals surface area contributed by atoms with E-state index in [1.807, 2.05) is 6.92 Å². The summed E-state index contributed by atoms with van der Waals surface area (Å²) < 4.78 is 5.55. The van der Waals surface area contributed by atoms with E-state index in [0.717, 1.165) is 12.2 Å². The summed E-state index contributed by atoms with van der Waals surface area (Å²) in [5.41, 5.74) is 3.23. The van der Waals surface area contributed by atoms with E-state index >= 15 is 0 Å². The number of benzene rings is 1. The SMILES string of the molecule is CCNC(=O)c1ccoc1CN1c2ccccc2C[C@H]1C. The van der Waals surface area contributed by atoms with Gasteiger partial charge in [0.2, 0.25) is 0 Å². The molecule has 1 atom stereocenters. The van der Waals surface area contributed by atoms with E-state index < -0.39 is 0 Å². The molecular formula is C17H20N2O2. The summed E-state index contributed by atoms with van der Waals surface area (Å²) in [6, 6.07) is 10.6. The maximum Gasteiger partial charge on any atom is 0.254 e. The van der Waals surface area contributed by atoms with Crippen molar-refractivity contribution in [1.82, 2.24) is 5.32 Å². The van der Waals surface area contributed by atoms with Crippen LogP contribution in [0.1, 0.15) is 35.5 Å². The Kier molecular flexibility index (Phi) is 3.69. The lowest BCUT2D eigenvalue weighted by atomic mass is 10.1. The topological polar surface area (TPSA) is 45.5 Å². The van der Waals surface area contributed by atoms with Gasteiger partial charge in [-0.05, 0) is 38.0 Å². The highest BCUT2D eigenvalue weighted by molar-refractivity contribution is 5.95. The number of furan rings is 1. The minimum Gasteiger partial charge on any atom is -0.467 e. The lowest BCUT2D eigenvalue weighted by molar-refractivity contribution is 0.0954. The van der Waals surface area contributed by atoms with Gasteiger partial charge in [-0.2, -0.15) is 0 Å². The van der Waals surface area contributed by atoms with Crippen molar-refractivity contribution in [3.8, 4) is 0 Å². The van der Waals surface area contributed by atoms with E-state index in [1.54, 1.807) is 12.3 Å². The van der Waals surface area contributed by atoms with E-state index in [-0.39, 0.29) is 5.91 Å². The van der Waals surface area contributed by atoms with Crippen molar-refractivity contribution in [3.63, 3.8) is 0 Å². The maximum atomic E-state index is 12.0. The van der Waals surface area contributed by atoms with Crippen molar-refractivity contribution >= 4 is 11.6 Å². The van der Waals surface area contributed by atoms with Crippen molar-refractivity contribution in [2.75, 3.05) is 11.4 Å². The van der Waals surface area contributed by atoms with Gasteiger partial charge in [0.25, 0.3) is 5.91 Å². The molecular weight excluding hydrogens is 264 g/mol. The highest BCUT2D eigenvalue weighted by Gasteiger charge is 2.27. The molecule has 110 valence electrons. The Balaban J connectivity index is 1.85. The van der Waals surface area contributed by atoms with Crippen molar-refractivity contribution in [1.29, 1.82) is 0 Å². The molecule has 0 saturated carbocycles. The van der Waals surface area contributed by atoms with Gasteiger partial charge in [0.1, 0.15) is 5.76 Å². The number of fused-ring (bicyclic) bond motifs is 1. The molecule has 0 bridgehead atoms. The third kappa shape index (κ3) is 2.53. The maximum absolute atomic E-state index is 12.0. The lowest BCUT2D eigenvalue weighted by Crippen LogP contribution is -2.30. The molecule has 4 heteroatoms. The van der Waals surface area contributed by atoms with E-state index in [9.17, 15) is 4.79 Å². The Morgan fingerprint density at radius 3 is 3.00 bits per heavy atom. The first kappa shape index (κ1) is 13.7. The summed E-state index contributed by atoms with van der Waals surface area (Å²) in [5, 5.41) is 2.83. The number of carbonyl (C=O) groups is 1. The van der Waals surface area contributed by atoms with Gasteiger partial charge in [0.05, 0.1) is 18.4 Å². The number of nitrogens with one attached hydrogen (secondary N) is 1. The summed E-state index contributed by atoms with van der Waals surface area (Å²) in [7, 11) is 0. The van der Waals surface area contributed by atoms with Crippen molar-refractivity contribution in [3.05, 3.63) is 53.5 Å². The molecule has 3 rings (SSSR count). The molecule has 1 aliphatic heterocycles. The van der Waals surface area contributed by atoms with Gasteiger partial charge in [-0.25, -0.2) is 0 Å². The van der Waals surface area contributed by atoms with Gasteiger partial charge in [-0.1, -0.05) is 18.2 Å². The fraction of sp³-hybridized carbons (Fsp3) is 0.353. The standard InChI is InChI=1S/C17H20N2O2/c1-3-18-17(20)14-8-9-21-16(14)11-19-12(2)10-13-6-4-5-7-15(13)19/h4-9,12H,3,10-11H2,1-2H3,(H,18,20)/t12-/m1/s1. The Morgan fingerprint density at radius 2 is 2.19 bits per heavy atom. The third-order valence-electron chi connectivity index (χ3n) is 3.99. The van der Waals surface area contributed by atoms with Gasteiger partial charge in [-0.3, -0.25) is 4.79 Å². The van der Waals surface area contributed by atoms with Crippen LogP contribution in [0, 0.1) is 0 Å². The van der Waals surface area contributed by atoms with E-state index in [1.165, 1.54) is 11.3 Å². The van der Waals surface area contributed by atoms with Gasteiger partial charge >= 0.3 is 0 Å². The molecule has 0 saturated heterocycles. The third-order valence-corrected chi connectivity index (χ3v) is 3.99. The number of hydrogen-bond donors (Lipinski definition) is 1. The number of carbonyl (C=O) groups excluding carboxylic acids is 1. The quantitative estimate of drug-likeness (QED) is 0.938. The highest BCUT2D eigenvalue weighted by Crippen LogP contribution is 2.33. The molecule has 1 N–H and O–H groups in total. The molecule has 0 aliphatic carbocycles. The first-order valence-corrected chi connectivity index (χ1v) is 7.39. The molecule has 0 radical (unpaired) electrons. The van der Waals surface area contributed by atoms with E-state index in [0.29, 0.717) is 24.7 Å². The average Bonchev–Trinajstić information content (AvgIpc) is 3.05. The van der Waals surface area contributed by atoms with Gasteiger partial charge in [0.15, 0.2) is 0 Å². The van der Waals surface area contributed by atoms with Crippen LogP contribution in [0.15, 0.2) is 41.0 Å². The van der Waals surface area contributed by atoms with E-state index in [2.05, 4.69) is 41.4 Å². The summed E-state index contributed by atoms with van der Waals surface area (Å²) in [6.07, 6.45) is 2.62. The average molecular weight is 284 g/mol. The summed E-state index contributed by atoms with van der Waals surface area (Å²) in [6.45, 7) is 5.36. The number of nitrogens with zero attached hydrogens (tertiary/aromatic N) is 1. The zero-order chi connectivity index (χ0) is 14.8. The molecule has 1 aromatic carbocycles. The summed E-state index contributed by atoms with van der Waals surface area (Å²) in [5.74, 6) is 0.658. The Hall–Kier alpha value is -2.23. The molecule has 0 unspecified atom stereocenters. The number of anilines is 1.